The molecule has 4 heteroatoms. The Kier molecular flexibility index (Phi) is 7.51. The van der Waals surface area contributed by atoms with E-state index in [0.717, 1.165) is 37.7 Å². The molecular weight excluding hydrogens is 364 g/mol. The highest BCUT2D eigenvalue weighted by molar-refractivity contribution is 5.37. The second-order valence-electron chi connectivity index (χ2n) is 7.21. The average molecular weight is 392 g/mol. The number of hydrogen-bond acceptors (Lipinski definition) is 4. The lowest BCUT2D eigenvalue weighted by molar-refractivity contribution is 0.175. The number of aryl methyl sites for hydroxylation is 2. The summed E-state index contributed by atoms with van der Waals surface area (Å²) in [6.07, 6.45) is 4.78. The Labute approximate surface area is 171 Å². The number of unbranched alkanes of at least 4 members (excludes halogenated alkanes) is 1. The Morgan fingerprint density at radius 3 is 2.28 bits per heavy atom. The summed E-state index contributed by atoms with van der Waals surface area (Å²) in [6, 6.07) is 21.5. The third kappa shape index (κ3) is 5.98. The highest BCUT2D eigenvalue weighted by Gasteiger charge is 2.19. The van der Waals surface area contributed by atoms with Gasteiger partial charge in [0.25, 0.3) is 0 Å². The Morgan fingerprint density at radius 1 is 0.966 bits per heavy atom. The molecule has 0 radical (unpaired) electrons. The lowest BCUT2D eigenvalue weighted by atomic mass is 10.1. The Hall–Kier alpha value is -3.01. The van der Waals surface area contributed by atoms with E-state index < -0.39 is 5.63 Å². The molecule has 3 aromatic rings. The molecule has 1 N–H and O–H groups in total. The minimum atomic E-state index is -0.625. The van der Waals surface area contributed by atoms with E-state index in [0.29, 0.717) is 12.2 Å². The number of hydrogen-bond donors (Lipinski definition) is 1. The quantitative estimate of drug-likeness (QED) is 0.441. The molecule has 4 nitrogen and oxygen atoms in total. The maximum atomic E-state index is 12.4. The first-order valence-electron chi connectivity index (χ1n) is 10.3. The summed E-state index contributed by atoms with van der Waals surface area (Å²) in [5, 5.41) is 10.4. The van der Waals surface area contributed by atoms with E-state index in [9.17, 15) is 9.90 Å². The smallest absolute Gasteiger partial charge is 0.382 e. The summed E-state index contributed by atoms with van der Waals surface area (Å²) in [6.45, 7) is 2.06. The van der Waals surface area contributed by atoms with Crippen molar-refractivity contribution in [2.24, 2.45) is 0 Å². The van der Waals surface area contributed by atoms with Gasteiger partial charge in [-0.3, -0.25) is 0 Å². The SMILES string of the molecule is CCCC(Oc1c(O)cc(CCCCc2ccccc2)oc1=O)c1ccccc1. The number of aromatic hydroxyl groups is 1. The third-order valence-electron chi connectivity index (χ3n) is 4.90. The maximum absolute atomic E-state index is 12.4. The zero-order chi connectivity index (χ0) is 20.5. The molecule has 2 aromatic carbocycles. The molecule has 0 saturated heterocycles. The van der Waals surface area contributed by atoms with E-state index in [1.807, 2.05) is 48.5 Å². The largest absolute Gasteiger partial charge is 0.504 e. The van der Waals surface area contributed by atoms with Crippen molar-refractivity contribution in [3.8, 4) is 11.5 Å². The Balaban J connectivity index is 1.63. The fourth-order valence-corrected chi connectivity index (χ4v) is 3.39. The van der Waals surface area contributed by atoms with E-state index in [2.05, 4.69) is 19.1 Å². The number of benzene rings is 2. The number of rotatable bonds is 10. The molecule has 0 aliphatic rings. The molecule has 29 heavy (non-hydrogen) atoms. The lowest BCUT2D eigenvalue weighted by Crippen LogP contribution is -2.14. The molecule has 0 amide bonds. The zero-order valence-electron chi connectivity index (χ0n) is 16.8. The molecular formula is C25H28O4. The summed E-state index contributed by atoms with van der Waals surface area (Å²) in [5.74, 6) is 0.219. The molecule has 0 saturated carbocycles. The molecule has 152 valence electrons. The van der Waals surface area contributed by atoms with Crippen LogP contribution in [0.2, 0.25) is 0 Å². The molecule has 0 fully saturated rings. The van der Waals surface area contributed by atoms with Gasteiger partial charge >= 0.3 is 5.63 Å². The van der Waals surface area contributed by atoms with Crippen molar-refractivity contribution in [3.05, 3.63) is 94.0 Å². The predicted molar refractivity (Wildman–Crippen MR) is 114 cm³/mol. The van der Waals surface area contributed by atoms with Crippen LogP contribution in [-0.4, -0.2) is 5.11 Å². The van der Waals surface area contributed by atoms with Crippen LogP contribution in [0.1, 0.15) is 55.6 Å². The van der Waals surface area contributed by atoms with Gasteiger partial charge in [-0.2, -0.15) is 0 Å². The molecule has 0 spiro atoms. The minimum Gasteiger partial charge on any atom is -0.504 e. The predicted octanol–water partition coefficient (Wildman–Crippen LogP) is 5.83. The standard InChI is InChI=1S/C25H28O4/c1-2-11-23(20-15-7-4-8-16-20)29-24-22(26)18-21(28-25(24)27)17-10-9-14-19-12-5-3-6-13-19/h3-8,12-13,15-16,18,23,26H,2,9-11,14,17H2,1H3. The summed E-state index contributed by atoms with van der Waals surface area (Å²) in [5.41, 5.74) is 1.64. The molecule has 1 atom stereocenters. The highest BCUT2D eigenvalue weighted by atomic mass is 16.5. The first-order chi connectivity index (χ1) is 14.2. The van der Waals surface area contributed by atoms with E-state index in [1.165, 1.54) is 11.6 Å². The van der Waals surface area contributed by atoms with Crippen LogP contribution in [0.15, 0.2) is 75.9 Å². The third-order valence-corrected chi connectivity index (χ3v) is 4.90. The first kappa shape index (κ1) is 20.7. The highest BCUT2D eigenvalue weighted by Crippen LogP contribution is 2.30. The van der Waals surface area contributed by atoms with Gasteiger partial charge in [0, 0.05) is 12.5 Å². The molecule has 3 rings (SSSR count). The van der Waals surface area contributed by atoms with Crippen LogP contribution in [0.25, 0.3) is 0 Å². The molecule has 0 bridgehead atoms. The van der Waals surface area contributed by atoms with Crippen LogP contribution >= 0.6 is 0 Å². The maximum Gasteiger partial charge on any atom is 0.382 e. The van der Waals surface area contributed by atoms with Gasteiger partial charge in [-0.05, 0) is 36.8 Å². The van der Waals surface area contributed by atoms with Crippen LogP contribution in [-0.2, 0) is 12.8 Å². The van der Waals surface area contributed by atoms with Crippen molar-refractivity contribution in [3.63, 3.8) is 0 Å². The summed E-state index contributed by atoms with van der Waals surface area (Å²) < 4.78 is 11.3. The summed E-state index contributed by atoms with van der Waals surface area (Å²) in [4.78, 5) is 12.4. The van der Waals surface area contributed by atoms with Gasteiger partial charge in [-0.15, -0.1) is 0 Å². The van der Waals surface area contributed by atoms with Crippen LogP contribution < -0.4 is 10.4 Å². The second-order valence-corrected chi connectivity index (χ2v) is 7.21. The van der Waals surface area contributed by atoms with Crippen molar-refractivity contribution in [1.82, 2.24) is 0 Å². The monoisotopic (exact) mass is 392 g/mol. The molecule has 1 heterocycles. The van der Waals surface area contributed by atoms with Gasteiger partial charge in [0.15, 0.2) is 5.75 Å². The average Bonchev–Trinajstić information content (AvgIpc) is 2.74. The van der Waals surface area contributed by atoms with Crippen molar-refractivity contribution >= 4 is 0 Å². The van der Waals surface area contributed by atoms with Crippen molar-refractivity contribution in [1.29, 1.82) is 0 Å². The van der Waals surface area contributed by atoms with Crippen LogP contribution in [0.4, 0.5) is 0 Å². The van der Waals surface area contributed by atoms with E-state index in [4.69, 9.17) is 9.15 Å². The fourth-order valence-electron chi connectivity index (χ4n) is 3.39. The topological polar surface area (TPSA) is 59.7 Å². The van der Waals surface area contributed by atoms with Gasteiger partial charge < -0.3 is 14.3 Å². The molecule has 1 aromatic heterocycles. The number of ether oxygens (including phenoxy) is 1. The summed E-state index contributed by atoms with van der Waals surface area (Å²) >= 11 is 0. The van der Waals surface area contributed by atoms with E-state index in [-0.39, 0.29) is 17.6 Å². The molecule has 0 aliphatic carbocycles. The van der Waals surface area contributed by atoms with Crippen LogP contribution in [0.5, 0.6) is 11.5 Å². The van der Waals surface area contributed by atoms with Gasteiger partial charge in [-0.25, -0.2) is 4.79 Å². The lowest BCUT2D eigenvalue weighted by Gasteiger charge is -2.19. The molecule has 1 unspecified atom stereocenters. The van der Waals surface area contributed by atoms with Crippen LogP contribution in [0.3, 0.4) is 0 Å². The second kappa shape index (κ2) is 10.5. The Bertz CT molecular complexity index is 932. The Morgan fingerprint density at radius 2 is 1.62 bits per heavy atom. The van der Waals surface area contributed by atoms with E-state index in [1.54, 1.807) is 0 Å². The zero-order valence-corrected chi connectivity index (χ0v) is 16.8. The van der Waals surface area contributed by atoms with Gasteiger partial charge in [0.1, 0.15) is 11.9 Å². The van der Waals surface area contributed by atoms with Gasteiger partial charge in [0.2, 0.25) is 5.75 Å². The van der Waals surface area contributed by atoms with Crippen molar-refractivity contribution in [2.45, 2.75) is 51.6 Å². The fraction of sp³-hybridized carbons (Fsp3) is 0.320. The first-order valence-corrected chi connectivity index (χ1v) is 10.3. The van der Waals surface area contributed by atoms with E-state index >= 15 is 0 Å². The van der Waals surface area contributed by atoms with Crippen molar-refractivity contribution < 1.29 is 14.3 Å². The summed E-state index contributed by atoms with van der Waals surface area (Å²) in [7, 11) is 0. The van der Waals surface area contributed by atoms with Gasteiger partial charge in [0.05, 0.1) is 0 Å². The normalized spacial score (nSPS) is 11.9. The minimum absolute atomic E-state index is 0.111. The van der Waals surface area contributed by atoms with Crippen LogP contribution in [0, 0.1) is 0 Å². The molecule has 0 aliphatic heterocycles. The van der Waals surface area contributed by atoms with Gasteiger partial charge in [-0.1, -0.05) is 74.0 Å². The van der Waals surface area contributed by atoms with Crippen molar-refractivity contribution in [2.75, 3.05) is 0 Å².